The molecule has 0 nitrogen and oxygen atoms in total. The van der Waals surface area contributed by atoms with Gasteiger partial charge in [0.05, 0.1) is 0 Å². The third-order valence-electron chi connectivity index (χ3n) is 1.10. The van der Waals surface area contributed by atoms with Gasteiger partial charge in [-0.2, -0.15) is 0 Å². The molecule has 0 aliphatic carbocycles. The molecule has 0 rings (SSSR count). The second-order valence-corrected chi connectivity index (χ2v) is 2.67. The van der Waals surface area contributed by atoms with Gasteiger partial charge >= 0.3 is 0 Å². The molecule has 0 saturated carbocycles. The largest absolute Gasteiger partial charge is 0.206 e. The monoisotopic (exact) mass is 160 g/mol. The highest BCUT2D eigenvalue weighted by molar-refractivity contribution is 8.02. The fourth-order valence-corrected chi connectivity index (χ4v) is 1.25. The van der Waals surface area contributed by atoms with Crippen LogP contribution in [0, 0.1) is 0 Å². The first-order valence-corrected chi connectivity index (χ1v) is 4.55. The lowest BCUT2D eigenvalue weighted by molar-refractivity contribution is 0.660. The Morgan fingerprint density at radius 3 is 2.50 bits per heavy atom. The summed E-state index contributed by atoms with van der Waals surface area (Å²) in [6.07, 6.45) is 6.14. The Labute approximate surface area is 66.2 Å². The minimum atomic E-state index is -0.116. The van der Waals surface area contributed by atoms with E-state index in [-0.39, 0.29) is 5.83 Å². The molecule has 0 bridgehead atoms. The Morgan fingerprint density at radius 1 is 1.60 bits per heavy atom. The molecule has 0 heterocycles. The zero-order valence-electron chi connectivity index (χ0n) is 6.65. The molecule has 0 spiro atoms. The summed E-state index contributed by atoms with van der Waals surface area (Å²) in [5.41, 5.74) is 0. The summed E-state index contributed by atoms with van der Waals surface area (Å²) in [4.78, 5) is 0.741. The third kappa shape index (κ3) is 3.06. The molecular weight excluding hydrogens is 147 g/mol. The van der Waals surface area contributed by atoms with Crippen molar-refractivity contribution in [3.8, 4) is 0 Å². The topological polar surface area (TPSA) is 0 Å². The van der Waals surface area contributed by atoms with Gasteiger partial charge in [-0.25, -0.2) is 4.39 Å². The second kappa shape index (κ2) is 5.54. The van der Waals surface area contributed by atoms with Gasteiger partial charge in [-0.3, -0.25) is 0 Å². The maximum atomic E-state index is 12.8. The number of rotatable bonds is 3. The maximum absolute atomic E-state index is 12.8. The highest BCUT2D eigenvalue weighted by atomic mass is 32.2. The van der Waals surface area contributed by atoms with Gasteiger partial charge in [-0.1, -0.05) is 19.1 Å². The first-order chi connectivity index (χ1) is 4.76. The van der Waals surface area contributed by atoms with Crippen molar-refractivity contribution >= 4 is 11.8 Å². The lowest BCUT2D eigenvalue weighted by atomic mass is 10.3. The highest BCUT2D eigenvalue weighted by Crippen LogP contribution is 2.22. The summed E-state index contributed by atoms with van der Waals surface area (Å²) in [7, 11) is 0. The Morgan fingerprint density at radius 2 is 2.20 bits per heavy atom. The molecule has 0 aromatic rings. The van der Waals surface area contributed by atoms with Crippen LogP contribution in [-0.2, 0) is 0 Å². The Hall–Kier alpha value is -0.240. The normalized spacial score (nSPS) is 14.0. The van der Waals surface area contributed by atoms with E-state index in [1.807, 2.05) is 19.3 Å². The molecule has 0 fully saturated rings. The average Bonchev–Trinajstić information content (AvgIpc) is 1.99. The van der Waals surface area contributed by atoms with Crippen LogP contribution in [0.3, 0.4) is 0 Å². The van der Waals surface area contributed by atoms with Gasteiger partial charge in [0.15, 0.2) is 0 Å². The van der Waals surface area contributed by atoms with Crippen molar-refractivity contribution in [1.29, 1.82) is 0 Å². The van der Waals surface area contributed by atoms with Crippen molar-refractivity contribution in [2.24, 2.45) is 0 Å². The van der Waals surface area contributed by atoms with E-state index in [1.54, 1.807) is 6.92 Å². The molecule has 0 atom stereocenters. The zero-order chi connectivity index (χ0) is 7.98. The molecular formula is C8H13FS. The quantitative estimate of drug-likeness (QED) is 0.569. The predicted molar refractivity (Wildman–Crippen MR) is 46.8 cm³/mol. The van der Waals surface area contributed by atoms with Crippen LogP contribution in [0.1, 0.15) is 20.3 Å². The van der Waals surface area contributed by atoms with Crippen molar-refractivity contribution in [2.75, 3.05) is 6.26 Å². The lowest BCUT2D eigenvalue weighted by Gasteiger charge is -1.97. The summed E-state index contributed by atoms with van der Waals surface area (Å²) in [5.74, 6) is -0.116. The number of halogens is 1. The Kier molecular flexibility index (Phi) is 5.40. The van der Waals surface area contributed by atoms with E-state index in [0.717, 1.165) is 11.3 Å². The summed E-state index contributed by atoms with van der Waals surface area (Å²) < 4.78 is 12.8. The summed E-state index contributed by atoms with van der Waals surface area (Å²) in [6, 6.07) is 0. The van der Waals surface area contributed by atoms with Crippen LogP contribution in [0.4, 0.5) is 4.39 Å². The Bertz CT molecular complexity index is 147. The third-order valence-corrected chi connectivity index (χ3v) is 1.90. The molecule has 0 radical (unpaired) electrons. The minimum Gasteiger partial charge on any atom is -0.206 e. The Balaban J connectivity index is 4.21. The molecule has 0 aromatic carbocycles. The molecule has 10 heavy (non-hydrogen) atoms. The van der Waals surface area contributed by atoms with Gasteiger partial charge in [0, 0.05) is 4.91 Å². The fraction of sp³-hybridized carbons (Fsp3) is 0.500. The van der Waals surface area contributed by atoms with E-state index < -0.39 is 0 Å². The van der Waals surface area contributed by atoms with Crippen LogP contribution in [-0.4, -0.2) is 6.26 Å². The van der Waals surface area contributed by atoms with Crippen molar-refractivity contribution in [2.45, 2.75) is 20.3 Å². The molecule has 0 amide bonds. The van der Waals surface area contributed by atoms with E-state index in [1.165, 1.54) is 17.8 Å². The second-order valence-electron chi connectivity index (χ2n) is 1.82. The molecule has 58 valence electrons. The van der Waals surface area contributed by atoms with E-state index in [9.17, 15) is 4.39 Å². The van der Waals surface area contributed by atoms with Gasteiger partial charge in [0.2, 0.25) is 0 Å². The zero-order valence-corrected chi connectivity index (χ0v) is 7.46. The average molecular weight is 160 g/mol. The molecule has 0 unspecified atom stereocenters. The highest BCUT2D eigenvalue weighted by Gasteiger charge is 1.98. The van der Waals surface area contributed by atoms with Crippen LogP contribution in [0.5, 0.6) is 0 Å². The van der Waals surface area contributed by atoms with Gasteiger partial charge in [-0.05, 0) is 19.6 Å². The van der Waals surface area contributed by atoms with Gasteiger partial charge in [-0.15, -0.1) is 11.8 Å². The van der Waals surface area contributed by atoms with Crippen molar-refractivity contribution in [3.05, 3.63) is 22.9 Å². The number of allylic oxidation sites excluding steroid dienone is 3. The molecule has 0 saturated heterocycles. The van der Waals surface area contributed by atoms with Crippen LogP contribution >= 0.6 is 11.8 Å². The molecule has 0 aliphatic heterocycles. The first-order valence-electron chi connectivity index (χ1n) is 3.32. The van der Waals surface area contributed by atoms with Crippen molar-refractivity contribution < 1.29 is 4.39 Å². The van der Waals surface area contributed by atoms with Gasteiger partial charge < -0.3 is 0 Å². The molecule has 0 N–H and O–H groups in total. The van der Waals surface area contributed by atoms with Gasteiger partial charge in [0.25, 0.3) is 0 Å². The molecule has 2 heteroatoms. The molecule has 0 aromatic heterocycles. The SMILES string of the molecule is C/C=C(F)/C(=C\CC)SC. The van der Waals surface area contributed by atoms with Gasteiger partial charge in [0.1, 0.15) is 5.83 Å². The summed E-state index contributed by atoms with van der Waals surface area (Å²) in [6.45, 7) is 3.70. The van der Waals surface area contributed by atoms with Crippen LogP contribution in [0.15, 0.2) is 22.9 Å². The van der Waals surface area contributed by atoms with Crippen LogP contribution in [0.25, 0.3) is 0 Å². The maximum Gasteiger partial charge on any atom is 0.132 e. The van der Waals surface area contributed by atoms with Crippen molar-refractivity contribution in [3.63, 3.8) is 0 Å². The number of thioether (sulfide) groups is 1. The fourth-order valence-electron chi connectivity index (χ4n) is 0.606. The predicted octanol–water partition coefficient (Wildman–Crippen LogP) is 3.52. The number of hydrogen-bond donors (Lipinski definition) is 0. The van der Waals surface area contributed by atoms with Crippen molar-refractivity contribution in [1.82, 2.24) is 0 Å². The van der Waals surface area contributed by atoms with E-state index >= 15 is 0 Å². The minimum absolute atomic E-state index is 0.116. The lowest BCUT2D eigenvalue weighted by Crippen LogP contribution is -1.75. The van der Waals surface area contributed by atoms with Crippen LogP contribution in [0.2, 0.25) is 0 Å². The summed E-state index contributed by atoms with van der Waals surface area (Å²) >= 11 is 1.44. The standard InChI is InChI=1S/C8H13FS/c1-4-6-8(10-3)7(9)5-2/h5-6H,4H2,1-3H3/b7-5-,8-6+. The summed E-state index contributed by atoms with van der Waals surface area (Å²) in [5, 5.41) is 0. The van der Waals surface area contributed by atoms with E-state index in [2.05, 4.69) is 0 Å². The van der Waals surface area contributed by atoms with E-state index in [0.29, 0.717) is 0 Å². The smallest absolute Gasteiger partial charge is 0.132 e. The van der Waals surface area contributed by atoms with Crippen LogP contribution < -0.4 is 0 Å². The first kappa shape index (κ1) is 9.76. The number of hydrogen-bond acceptors (Lipinski definition) is 1. The molecule has 0 aliphatic rings. The van der Waals surface area contributed by atoms with E-state index in [4.69, 9.17) is 0 Å².